The lowest BCUT2D eigenvalue weighted by molar-refractivity contribution is 0.0600. The molecule has 4 aromatic rings. The van der Waals surface area contributed by atoms with Crippen LogP contribution in [0.1, 0.15) is 38.2 Å². The van der Waals surface area contributed by atoms with E-state index in [9.17, 15) is 4.79 Å². The standard InChI is InChI=1S/C28H27N3O3/c1-18-13-20(3)27-25(14-18)19(2)15-26(30-27)31-29-16-21-7-11-24(12-8-21)34-17-22-5-9-23(10-6-22)28(32)33-4/h5-16H,17H2,1-4H3,(H,30,31). The van der Waals surface area contributed by atoms with Gasteiger partial charge in [0.05, 0.1) is 24.4 Å². The number of ether oxygens (including phenoxy) is 2. The molecular weight excluding hydrogens is 426 g/mol. The van der Waals surface area contributed by atoms with Crippen LogP contribution in [-0.2, 0) is 11.3 Å². The van der Waals surface area contributed by atoms with Crippen LogP contribution < -0.4 is 10.2 Å². The van der Waals surface area contributed by atoms with Crippen LogP contribution >= 0.6 is 0 Å². The lowest BCUT2D eigenvalue weighted by Gasteiger charge is -2.09. The van der Waals surface area contributed by atoms with Gasteiger partial charge >= 0.3 is 5.97 Å². The highest BCUT2D eigenvalue weighted by atomic mass is 16.5. The second-order valence-electron chi connectivity index (χ2n) is 8.22. The molecule has 3 aromatic carbocycles. The van der Waals surface area contributed by atoms with Gasteiger partial charge in [-0.05, 0) is 91.6 Å². The topological polar surface area (TPSA) is 72.8 Å². The molecule has 1 aromatic heterocycles. The Morgan fingerprint density at radius 1 is 0.971 bits per heavy atom. The van der Waals surface area contributed by atoms with Crippen molar-refractivity contribution in [2.75, 3.05) is 12.5 Å². The van der Waals surface area contributed by atoms with Crippen molar-refractivity contribution in [3.05, 3.63) is 100 Å². The Morgan fingerprint density at radius 3 is 2.41 bits per heavy atom. The predicted molar refractivity (Wildman–Crippen MR) is 136 cm³/mol. The van der Waals surface area contributed by atoms with Crippen LogP contribution in [0, 0.1) is 20.8 Å². The van der Waals surface area contributed by atoms with Gasteiger partial charge in [-0.2, -0.15) is 5.10 Å². The normalized spacial score (nSPS) is 11.1. The molecule has 0 spiro atoms. The summed E-state index contributed by atoms with van der Waals surface area (Å²) in [5, 5.41) is 5.51. The lowest BCUT2D eigenvalue weighted by atomic mass is 10.0. The molecule has 0 unspecified atom stereocenters. The number of aryl methyl sites for hydroxylation is 3. The number of esters is 1. The molecule has 172 valence electrons. The third-order valence-corrected chi connectivity index (χ3v) is 5.51. The van der Waals surface area contributed by atoms with Crippen molar-refractivity contribution >= 4 is 28.9 Å². The van der Waals surface area contributed by atoms with Crippen LogP contribution in [-0.4, -0.2) is 24.3 Å². The Morgan fingerprint density at radius 2 is 1.71 bits per heavy atom. The summed E-state index contributed by atoms with van der Waals surface area (Å²) in [5.74, 6) is 1.11. The van der Waals surface area contributed by atoms with Crippen molar-refractivity contribution < 1.29 is 14.3 Å². The van der Waals surface area contributed by atoms with Gasteiger partial charge in [0, 0.05) is 5.39 Å². The first kappa shape index (κ1) is 23.0. The fraction of sp³-hybridized carbons (Fsp3) is 0.179. The quantitative estimate of drug-likeness (QED) is 0.212. The highest BCUT2D eigenvalue weighted by Gasteiger charge is 2.06. The minimum atomic E-state index is -0.351. The number of carbonyl (C=O) groups excluding carboxylic acids is 1. The summed E-state index contributed by atoms with van der Waals surface area (Å²) in [6.07, 6.45) is 1.75. The number of fused-ring (bicyclic) bond motifs is 1. The molecular formula is C28H27N3O3. The highest BCUT2D eigenvalue weighted by molar-refractivity contribution is 5.89. The maximum atomic E-state index is 11.5. The summed E-state index contributed by atoms with van der Waals surface area (Å²) in [7, 11) is 1.37. The number of hydrogen-bond donors (Lipinski definition) is 1. The molecule has 6 nitrogen and oxygen atoms in total. The number of aromatic nitrogens is 1. The molecule has 0 radical (unpaired) electrons. The van der Waals surface area contributed by atoms with Crippen molar-refractivity contribution in [3.8, 4) is 5.75 Å². The first-order valence-electron chi connectivity index (χ1n) is 11.0. The molecule has 6 heteroatoms. The summed E-state index contributed by atoms with van der Waals surface area (Å²) in [4.78, 5) is 16.2. The van der Waals surface area contributed by atoms with Gasteiger partial charge in [-0.1, -0.05) is 23.8 Å². The van der Waals surface area contributed by atoms with E-state index in [4.69, 9.17) is 14.5 Å². The van der Waals surface area contributed by atoms with Crippen LogP contribution in [0.25, 0.3) is 10.9 Å². The first-order chi connectivity index (χ1) is 16.4. The van der Waals surface area contributed by atoms with Gasteiger partial charge in [-0.15, -0.1) is 0 Å². The van der Waals surface area contributed by atoms with Gasteiger partial charge in [-0.25, -0.2) is 9.78 Å². The third-order valence-electron chi connectivity index (χ3n) is 5.51. The smallest absolute Gasteiger partial charge is 0.337 e. The molecule has 0 aliphatic heterocycles. The summed E-state index contributed by atoms with van der Waals surface area (Å²) in [6.45, 7) is 6.67. The van der Waals surface area contributed by atoms with E-state index < -0.39 is 0 Å². The Hall–Kier alpha value is -4.19. The zero-order valence-corrected chi connectivity index (χ0v) is 19.8. The molecule has 0 amide bonds. The monoisotopic (exact) mass is 453 g/mol. The van der Waals surface area contributed by atoms with E-state index in [0.717, 1.165) is 33.5 Å². The molecule has 1 heterocycles. The van der Waals surface area contributed by atoms with Crippen molar-refractivity contribution in [2.24, 2.45) is 5.10 Å². The van der Waals surface area contributed by atoms with Crippen LogP contribution in [0.4, 0.5) is 5.82 Å². The minimum Gasteiger partial charge on any atom is -0.489 e. The largest absolute Gasteiger partial charge is 0.489 e. The molecule has 0 saturated carbocycles. The number of carbonyl (C=O) groups is 1. The van der Waals surface area contributed by atoms with E-state index in [-0.39, 0.29) is 5.97 Å². The number of rotatable bonds is 7. The molecule has 0 aliphatic carbocycles. The van der Waals surface area contributed by atoms with Crippen LogP contribution in [0.5, 0.6) is 5.75 Å². The molecule has 0 saturated heterocycles. The number of methoxy groups -OCH3 is 1. The number of nitrogens with one attached hydrogen (secondary N) is 1. The van der Waals surface area contributed by atoms with Crippen LogP contribution in [0.3, 0.4) is 0 Å². The number of benzene rings is 3. The number of hydrogen-bond acceptors (Lipinski definition) is 6. The van der Waals surface area contributed by atoms with E-state index >= 15 is 0 Å². The Labute approximate surface area is 199 Å². The van der Waals surface area contributed by atoms with Crippen molar-refractivity contribution in [1.29, 1.82) is 0 Å². The van der Waals surface area contributed by atoms with Gasteiger partial charge < -0.3 is 9.47 Å². The van der Waals surface area contributed by atoms with Gasteiger partial charge in [-0.3, -0.25) is 5.43 Å². The van der Waals surface area contributed by atoms with Crippen LogP contribution in [0.2, 0.25) is 0 Å². The minimum absolute atomic E-state index is 0.351. The molecule has 0 aliphatic rings. The Balaban J connectivity index is 1.35. The molecule has 1 N–H and O–H groups in total. The van der Waals surface area contributed by atoms with E-state index in [1.54, 1.807) is 18.3 Å². The average Bonchev–Trinajstić information content (AvgIpc) is 2.84. The maximum absolute atomic E-state index is 11.5. The second-order valence-corrected chi connectivity index (χ2v) is 8.22. The number of pyridine rings is 1. The number of hydrazone groups is 1. The molecule has 4 rings (SSSR count). The Kier molecular flexibility index (Phi) is 6.87. The van der Waals surface area contributed by atoms with Gasteiger partial charge in [0.2, 0.25) is 0 Å². The SMILES string of the molecule is COC(=O)c1ccc(COc2ccc(C=NNc3cc(C)c4cc(C)cc(C)c4n3)cc2)cc1. The summed E-state index contributed by atoms with van der Waals surface area (Å²) < 4.78 is 10.5. The number of anilines is 1. The van der Waals surface area contributed by atoms with E-state index in [0.29, 0.717) is 18.0 Å². The van der Waals surface area contributed by atoms with Gasteiger partial charge in [0.25, 0.3) is 0 Å². The summed E-state index contributed by atoms with van der Waals surface area (Å²) in [5.41, 5.74) is 10.00. The zero-order valence-electron chi connectivity index (χ0n) is 19.8. The fourth-order valence-corrected chi connectivity index (χ4v) is 3.75. The van der Waals surface area contributed by atoms with Crippen molar-refractivity contribution in [2.45, 2.75) is 27.4 Å². The molecule has 34 heavy (non-hydrogen) atoms. The van der Waals surface area contributed by atoms with E-state index in [1.165, 1.54) is 18.1 Å². The first-order valence-corrected chi connectivity index (χ1v) is 11.0. The summed E-state index contributed by atoms with van der Waals surface area (Å²) in [6, 6.07) is 21.1. The van der Waals surface area contributed by atoms with Crippen molar-refractivity contribution in [1.82, 2.24) is 4.98 Å². The Bertz CT molecular complexity index is 1340. The fourth-order valence-electron chi connectivity index (χ4n) is 3.75. The molecule has 0 bridgehead atoms. The summed E-state index contributed by atoms with van der Waals surface area (Å²) >= 11 is 0. The zero-order chi connectivity index (χ0) is 24.1. The van der Waals surface area contributed by atoms with E-state index in [1.807, 2.05) is 42.5 Å². The second kappa shape index (κ2) is 10.2. The van der Waals surface area contributed by atoms with E-state index in [2.05, 4.69) is 43.4 Å². The molecule has 0 atom stereocenters. The van der Waals surface area contributed by atoms with Gasteiger partial charge in [0.1, 0.15) is 18.2 Å². The maximum Gasteiger partial charge on any atom is 0.337 e. The highest BCUT2D eigenvalue weighted by Crippen LogP contribution is 2.24. The third kappa shape index (κ3) is 5.41. The van der Waals surface area contributed by atoms with Crippen LogP contribution in [0.15, 0.2) is 71.8 Å². The number of nitrogens with zero attached hydrogens (tertiary/aromatic N) is 2. The predicted octanol–water partition coefficient (Wildman–Crippen LogP) is 5.97. The van der Waals surface area contributed by atoms with Crippen molar-refractivity contribution in [3.63, 3.8) is 0 Å². The lowest BCUT2D eigenvalue weighted by Crippen LogP contribution is -2.02. The molecule has 0 fully saturated rings. The van der Waals surface area contributed by atoms with Gasteiger partial charge in [0.15, 0.2) is 0 Å². The average molecular weight is 454 g/mol.